The molecule has 1 aliphatic carbocycles. The molecule has 1 aliphatic rings. The van der Waals surface area contributed by atoms with E-state index in [1.54, 1.807) is 0 Å². The van der Waals surface area contributed by atoms with Gasteiger partial charge in [0.05, 0.1) is 5.54 Å². The number of benzene rings is 1. The SMILES string of the molecule is CC(=O)Nc1ccc(CCNC(=O)C2(N)CC2)cc1.Cl. The van der Waals surface area contributed by atoms with Crippen molar-refractivity contribution < 1.29 is 9.59 Å². The number of amides is 2. The van der Waals surface area contributed by atoms with Crippen LogP contribution in [0.25, 0.3) is 0 Å². The van der Waals surface area contributed by atoms with Crippen LogP contribution in [-0.2, 0) is 16.0 Å². The molecule has 0 saturated heterocycles. The summed E-state index contributed by atoms with van der Waals surface area (Å²) in [7, 11) is 0. The number of nitrogens with one attached hydrogen (secondary N) is 2. The molecule has 5 nitrogen and oxygen atoms in total. The number of nitrogens with two attached hydrogens (primary N) is 1. The molecule has 110 valence electrons. The van der Waals surface area contributed by atoms with E-state index in [-0.39, 0.29) is 24.2 Å². The highest BCUT2D eigenvalue weighted by atomic mass is 35.5. The third kappa shape index (κ3) is 4.51. The second-order valence-electron chi connectivity index (χ2n) is 5.04. The van der Waals surface area contributed by atoms with Crippen molar-refractivity contribution in [3.8, 4) is 0 Å². The molecule has 0 aromatic heterocycles. The fourth-order valence-corrected chi connectivity index (χ4v) is 1.82. The minimum Gasteiger partial charge on any atom is -0.354 e. The number of halogens is 1. The summed E-state index contributed by atoms with van der Waals surface area (Å²) >= 11 is 0. The van der Waals surface area contributed by atoms with Gasteiger partial charge >= 0.3 is 0 Å². The summed E-state index contributed by atoms with van der Waals surface area (Å²) < 4.78 is 0. The lowest BCUT2D eigenvalue weighted by Gasteiger charge is -2.10. The minimum atomic E-state index is -0.602. The van der Waals surface area contributed by atoms with Gasteiger partial charge in [0.1, 0.15) is 0 Å². The molecule has 0 radical (unpaired) electrons. The van der Waals surface area contributed by atoms with Gasteiger partial charge in [0.2, 0.25) is 11.8 Å². The smallest absolute Gasteiger partial charge is 0.240 e. The van der Waals surface area contributed by atoms with Crippen LogP contribution < -0.4 is 16.4 Å². The van der Waals surface area contributed by atoms with Crippen LogP contribution in [0.5, 0.6) is 0 Å². The van der Waals surface area contributed by atoms with Crippen molar-refractivity contribution in [1.29, 1.82) is 0 Å². The first-order chi connectivity index (χ1) is 8.99. The summed E-state index contributed by atoms with van der Waals surface area (Å²) in [4.78, 5) is 22.5. The Balaban J connectivity index is 0.00000200. The molecule has 4 N–H and O–H groups in total. The van der Waals surface area contributed by atoms with E-state index in [0.717, 1.165) is 30.5 Å². The molecule has 0 aliphatic heterocycles. The predicted octanol–water partition coefficient (Wildman–Crippen LogP) is 1.22. The molecule has 0 heterocycles. The average Bonchev–Trinajstić information content (AvgIpc) is 3.10. The molecule has 0 unspecified atom stereocenters. The molecule has 0 atom stereocenters. The molecule has 1 saturated carbocycles. The Kier molecular flexibility index (Phi) is 5.53. The molecular formula is C14H20ClN3O2. The number of hydrogen-bond acceptors (Lipinski definition) is 3. The molecule has 1 aromatic rings. The van der Waals surface area contributed by atoms with Crippen molar-refractivity contribution >= 4 is 29.9 Å². The van der Waals surface area contributed by atoms with Crippen LogP contribution in [-0.4, -0.2) is 23.9 Å². The van der Waals surface area contributed by atoms with E-state index in [1.165, 1.54) is 6.92 Å². The lowest BCUT2D eigenvalue weighted by Crippen LogP contribution is -2.43. The molecule has 0 bridgehead atoms. The summed E-state index contributed by atoms with van der Waals surface area (Å²) in [5.41, 5.74) is 7.07. The van der Waals surface area contributed by atoms with E-state index in [0.29, 0.717) is 6.54 Å². The van der Waals surface area contributed by atoms with Crippen molar-refractivity contribution in [1.82, 2.24) is 5.32 Å². The maximum Gasteiger partial charge on any atom is 0.240 e. The summed E-state index contributed by atoms with van der Waals surface area (Å²) in [6.45, 7) is 2.06. The van der Waals surface area contributed by atoms with E-state index in [9.17, 15) is 9.59 Å². The van der Waals surface area contributed by atoms with Gasteiger partial charge in [-0.1, -0.05) is 12.1 Å². The van der Waals surface area contributed by atoms with Gasteiger partial charge < -0.3 is 16.4 Å². The number of carbonyl (C=O) groups excluding carboxylic acids is 2. The zero-order chi connectivity index (χ0) is 13.9. The molecule has 1 aromatic carbocycles. The Bertz CT molecular complexity index is 484. The molecule has 1 fully saturated rings. The Hall–Kier alpha value is -1.59. The lowest BCUT2D eigenvalue weighted by atomic mass is 10.1. The summed E-state index contributed by atoms with van der Waals surface area (Å²) in [6, 6.07) is 7.58. The van der Waals surface area contributed by atoms with Crippen LogP contribution in [0.15, 0.2) is 24.3 Å². The second kappa shape index (κ2) is 6.72. The van der Waals surface area contributed by atoms with Gasteiger partial charge in [0, 0.05) is 19.2 Å². The fraction of sp³-hybridized carbons (Fsp3) is 0.429. The number of anilines is 1. The van der Waals surface area contributed by atoms with Gasteiger partial charge in [-0.25, -0.2) is 0 Å². The van der Waals surface area contributed by atoms with Gasteiger partial charge in [-0.3, -0.25) is 9.59 Å². The topological polar surface area (TPSA) is 84.2 Å². The van der Waals surface area contributed by atoms with Gasteiger partial charge in [-0.15, -0.1) is 12.4 Å². The monoisotopic (exact) mass is 297 g/mol. The zero-order valence-corrected chi connectivity index (χ0v) is 12.3. The quantitative estimate of drug-likeness (QED) is 0.764. The molecule has 6 heteroatoms. The predicted molar refractivity (Wildman–Crippen MR) is 80.9 cm³/mol. The highest BCUT2D eigenvalue weighted by molar-refractivity contribution is 5.89. The Morgan fingerprint density at radius 1 is 1.25 bits per heavy atom. The zero-order valence-electron chi connectivity index (χ0n) is 11.4. The van der Waals surface area contributed by atoms with Crippen LogP contribution >= 0.6 is 12.4 Å². The van der Waals surface area contributed by atoms with Crippen molar-refractivity contribution in [3.63, 3.8) is 0 Å². The van der Waals surface area contributed by atoms with Crippen LogP contribution in [0.1, 0.15) is 25.3 Å². The van der Waals surface area contributed by atoms with Crippen molar-refractivity contribution in [2.45, 2.75) is 31.7 Å². The third-order valence-corrected chi connectivity index (χ3v) is 3.21. The van der Waals surface area contributed by atoms with Crippen LogP contribution in [0.3, 0.4) is 0 Å². The summed E-state index contributed by atoms with van der Waals surface area (Å²) in [5, 5.41) is 5.56. The molecule has 2 rings (SSSR count). The van der Waals surface area contributed by atoms with Crippen molar-refractivity contribution in [2.24, 2.45) is 5.73 Å². The van der Waals surface area contributed by atoms with Crippen LogP contribution in [0.4, 0.5) is 5.69 Å². The molecule has 0 spiro atoms. The Morgan fingerprint density at radius 2 is 1.85 bits per heavy atom. The minimum absolute atomic E-state index is 0. The number of carbonyl (C=O) groups is 2. The second-order valence-corrected chi connectivity index (χ2v) is 5.04. The van der Waals surface area contributed by atoms with E-state index < -0.39 is 5.54 Å². The standard InChI is InChI=1S/C14H19N3O2.ClH/c1-10(18)17-12-4-2-11(3-5-12)6-9-16-13(19)14(15)7-8-14;/h2-5H,6-9,15H2,1H3,(H,16,19)(H,17,18);1H. The van der Waals surface area contributed by atoms with Crippen LogP contribution in [0, 0.1) is 0 Å². The van der Waals surface area contributed by atoms with Gasteiger partial charge in [0.25, 0.3) is 0 Å². The molecular weight excluding hydrogens is 278 g/mol. The largest absolute Gasteiger partial charge is 0.354 e. The highest BCUT2D eigenvalue weighted by Crippen LogP contribution is 2.31. The van der Waals surface area contributed by atoms with Gasteiger partial charge in [0.15, 0.2) is 0 Å². The maximum atomic E-state index is 11.6. The Labute approximate surface area is 124 Å². The van der Waals surface area contributed by atoms with Gasteiger partial charge in [-0.2, -0.15) is 0 Å². The van der Waals surface area contributed by atoms with Crippen molar-refractivity contribution in [2.75, 3.05) is 11.9 Å². The first-order valence-corrected chi connectivity index (χ1v) is 6.43. The van der Waals surface area contributed by atoms with Crippen molar-refractivity contribution in [3.05, 3.63) is 29.8 Å². The van der Waals surface area contributed by atoms with Crippen LogP contribution in [0.2, 0.25) is 0 Å². The summed E-state index contributed by atoms with van der Waals surface area (Å²) in [6.07, 6.45) is 2.32. The van der Waals surface area contributed by atoms with E-state index >= 15 is 0 Å². The normalized spacial score (nSPS) is 14.9. The first kappa shape index (κ1) is 16.5. The molecule has 20 heavy (non-hydrogen) atoms. The van der Waals surface area contributed by atoms with E-state index in [2.05, 4.69) is 10.6 Å². The van der Waals surface area contributed by atoms with Gasteiger partial charge in [-0.05, 0) is 37.0 Å². The Morgan fingerprint density at radius 3 is 2.35 bits per heavy atom. The van der Waals surface area contributed by atoms with E-state index in [1.807, 2.05) is 24.3 Å². The third-order valence-electron chi connectivity index (χ3n) is 3.21. The lowest BCUT2D eigenvalue weighted by molar-refractivity contribution is -0.123. The van der Waals surface area contributed by atoms with E-state index in [4.69, 9.17) is 5.73 Å². The average molecular weight is 298 g/mol. The summed E-state index contributed by atoms with van der Waals surface area (Å²) in [5.74, 6) is -0.139. The fourth-order valence-electron chi connectivity index (χ4n) is 1.82. The first-order valence-electron chi connectivity index (χ1n) is 6.43. The molecule has 2 amide bonds. The number of rotatable bonds is 5. The maximum absolute atomic E-state index is 11.6. The number of hydrogen-bond donors (Lipinski definition) is 3. The highest BCUT2D eigenvalue weighted by Gasteiger charge is 2.45.